The molecule has 5 heteroatoms. The fourth-order valence-corrected chi connectivity index (χ4v) is 4.41. The number of rotatable bonds is 6. The summed E-state index contributed by atoms with van der Waals surface area (Å²) in [7, 11) is 0. The van der Waals surface area contributed by atoms with Crippen LogP contribution in [0.5, 0.6) is 0 Å². The second kappa shape index (κ2) is 8.78. The van der Waals surface area contributed by atoms with Gasteiger partial charge in [-0.25, -0.2) is 4.39 Å². The third kappa shape index (κ3) is 4.51. The predicted octanol–water partition coefficient (Wildman–Crippen LogP) is 4.87. The molecule has 29 heavy (non-hydrogen) atoms. The maximum atomic E-state index is 13.2. The van der Waals surface area contributed by atoms with E-state index in [0.29, 0.717) is 18.3 Å². The fraction of sp³-hybridized carbons (Fsp3) is 0.375. The highest BCUT2D eigenvalue weighted by Gasteiger charge is 2.29. The van der Waals surface area contributed by atoms with Crippen molar-refractivity contribution in [2.75, 3.05) is 6.54 Å². The highest BCUT2D eigenvalue weighted by atomic mass is 19.1. The topological polar surface area (TPSA) is 48.1 Å². The Hall–Kier alpha value is -2.66. The number of hydrogen-bond donors (Lipinski definition) is 2. The molecule has 0 aliphatic heterocycles. The highest BCUT2D eigenvalue weighted by Crippen LogP contribution is 2.26. The molecule has 3 aromatic rings. The SMILES string of the molecule is CCN(C(=O)c1cc2ccccc2[nH]1)[C@H]1CCC[C@H](NCc2ccc(F)cc2)C1. The summed E-state index contributed by atoms with van der Waals surface area (Å²) in [5.74, 6) is -0.131. The average Bonchev–Trinajstić information content (AvgIpc) is 3.18. The molecule has 1 aliphatic rings. The van der Waals surface area contributed by atoms with E-state index >= 15 is 0 Å². The Kier molecular flexibility index (Phi) is 5.95. The molecule has 2 atom stereocenters. The molecule has 0 spiro atoms. The Balaban J connectivity index is 1.41. The van der Waals surface area contributed by atoms with Crippen molar-refractivity contribution in [2.24, 2.45) is 0 Å². The van der Waals surface area contributed by atoms with Gasteiger partial charge in [0.25, 0.3) is 5.91 Å². The van der Waals surface area contributed by atoms with Crippen LogP contribution < -0.4 is 5.32 Å². The van der Waals surface area contributed by atoms with E-state index in [1.165, 1.54) is 12.1 Å². The van der Waals surface area contributed by atoms with Gasteiger partial charge in [0.2, 0.25) is 0 Å². The number of benzene rings is 2. The second-order valence-corrected chi connectivity index (χ2v) is 7.89. The van der Waals surface area contributed by atoms with Crippen molar-refractivity contribution in [3.05, 3.63) is 71.7 Å². The van der Waals surface area contributed by atoms with E-state index in [4.69, 9.17) is 0 Å². The summed E-state index contributed by atoms with van der Waals surface area (Å²) in [6.45, 7) is 3.47. The van der Waals surface area contributed by atoms with Crippen LogP contribution in [0.3, 0.4) is 0 Å². The maximum absolute atomic E-state index is 13.2. The van der Waals surface area contributed by atoms with Gasteiger partial charge < -0.3 is 15.2 Å². The van der Waals surface area contributed by atoms with Gasteiger partial charge in [0, 0.05) is 36.1 Å². The minimum atomic E-state index is -0.208. The van der Waals surface area contributed by atoms with Gasteiger partial charge in [0.15, 0.2) is 0 Å². The number of nitrogens with one attached hydrogen (secondary N) is 2. The molecule has 0 unspecified atom stereocenters. The molecule has 152 valence electrons. The van der Waals surface area contributed by atoms with E-state index in [2.05, 4.69) is 17.2 Å². The lowest BCUT2D eigenvalue weighted by atomic mass is 9.89. The van der Waals surface area contributed by atoms with Crippen molar-refractivity contribution in [2.45, 2.75) is 51.2 Å². The van der Waals surface area contributed by atoms with Gasteiger partial charge in [-0.2, -0.15) is 0 Å². The van der Waals surface area contributed by atoms with Gasteiger partial charge in [0.1, 0.15) is 11.5 Å². The molecular weight excluding hydrogens is 365 g/mol. The summed E-state index contributed by atoms with van der Waals surface area (Å²) in [4.78, 5) is 18.5. The second-order valence-electron chi connectivity index (χ2n) is 7.89. The lowest BCUT2D eigenvalue weighted by Gasteiger charge is -2.37. The third-order valence-electron chi connectivity index (χ3n) is 5.96. The van der Waals surface area contributed by atoms with Crippen LogP contribution in [0.25, 0.3) is 10.9 Å². The number of nitrogens with zero attached hydrogens (tertiary/aromatic N) is 1. The van der Waals surface area contributed by atoms with E-state index in [1.807, 2.05) is 47.4 Å². The van der Waals surface area contributed by atoms with Crippen molar-refractivity contribution in [1.82, 2.24) is 15.2 Å². The van der Waals surface area contributed by atoms with Crippen LogP contribution in [0.2, 0.25) is 0 Å². The number of para-hydroxylation sites is 1. The number of carbonyl (C=O) groups is 1. The Morgan fingerprint density at radius 1 is 1.17 bits per heavy atom. The standard InChI is InChI=1S/C24H28FN3O/c1-2-28(24(29)23-14-18-6-3-4-9-22(18)27-23)21-8-5-7-20(15-21)26-16-17-10-12-19(25)13-11-17/h3-4,6,9-14,20-21,26-27H,2,5,7-8,15-16H2,1H3/t20-,21-/m0/s1. The summed E-state index contributed by atoms with van der Waals surface area (Å²) >= 11 is 0. The Bertz CT molecular complexity index is 933. The zero-order valence-electron chi connectivity index (χ0n) is 16.8. The number of H-pyrrole nitrogens is 1. The van der Waals surface area contributed by atoms with E-state index in [1.54, 1.807) is 0 Å². The number of halogens is 1. The Morgan fingerprint density at radius 2 is 1.97 bits per heavy atom. The van der Waals surface area contributed by atoms with Gasteiger partial charge in [-0.1, -0.05) is 30.3 Å². The molecule has 1 amide bonds. The third-order valence-corrected chi connectivity index (χ3v) is 5.96. The van der Waals surface area contributed by atoms with E-state index < -0.39 is 0 Å². The van der Waals surface area contributed by atoms with Crippen LogP contribution in [0.4, 0.5) is 4.39 Å². The van der Waals surface area contributed by atoms with Gasteiger partial charge >= 0.3 is 0 Å². The number of aromatic nitrogens is 1. The molecule has 0 bridgehead atoms. The number of hydrogen-bond acceptors (Lipinski definition) is 2. The molecule has 4 rings (SSSR count). The lowest BCUT2D eigenvalue weighted by molar-refractivity contribution is 0.0623. The van der Waals surface area contributed by atoms with Crippen molar-refractivity contribution in [1.29, 1.82) is 0 Å². The van der Waals surface area contributed by atoms with Crippen LogP contribution in [-0.4, -0.2) is 34.4 Å². The summed E-state index contributed by atoms with van der Waals surface area (Å²) in [5, 5.41) is 4.66. The molecule has 2 aromatic carbocycles. The predicted molar refractivity (Wildman–Crippen MR) is 114 cm³/mol. The monoisotopic (exact) mass is 393 g/mol. The largest absolute Gasteiger partial charge is 0.351 e. The summed E-state index contributed by atoms with van der Waals surface area (Å²) < 4.78 is 13.1. The fourth-order valence-electron chi connectivity index (χ4n) is 4.41. The molecular formula is C24H28FN3O. The molecule has 1 aromatic heterocycles. The van der Waals surface area contributed by atoms with Crippen LogP contribution in [0.1, 0.15) is 48.7 Å². The summed E-state index contributed by atoms with van der Waals surface area (Å²) in [5.41, 5.74) is 2.74. The number of fused-ring (bicyclic) bond motifs is 1. The minimum absolute atomic E-state index is 0.0767. The van der Waals surface area contributed by atoms with E-state index in [9.17, 15) is 9.18 Å². The van der Waals surface area contributed by atoms with Crippen molar-refractivity contribution >= 4 is 16.8 Å². The first kappa shape index (κ1) is 19.6. The van der Waals surface area contributed by atoms with Crippen LogP contribution >= 0.6 is 0 Å². The zero-order valence-corrected chi connectivity index (χ0v) is 16.8. The first-order chi connectivity index (χ1) is 14.1. The quantitative estimate of drug-likeness (QED) is 0.628. The van der Waals surface area contributed by atoms with Gasteiger partial charge in [-0.15, -0.1) is 0 Å². The molecule has 0 radical (unpaired) electrons. The van der Waals surface area contributed by atoms with E-state index in [0.717, 1.165) is 48.7 Å². The molecule has 0 saturated heterocycles. The van der Waals surface area contributed by atoms with Crippen molar-refractivity contribution in [3.8, 4) is 0 Å². The normalized spacial score (nSPS) is 19.4. The molecule has 4 nitrogen and oxygen atoms in total. The maximum Gasteiger partial charge on any atom is 0.270 e. The number of aromatic amines is 1. The molecule has 2 N–H and O–H groups in total. The first-order valence-electron chi connectivity index (χ1n) is 10.5. The summed E-state index contributed by atoms with van der Waals surface area (Å²) in [6.07, 6.45) is 4.19. The van der Waals surface area contributed by atoms with E-state index in [-0.39, 0.29) is 17.8 Å². The lowest BCUT2D eigenvalue weighted by Crippen LogP contribution is -2.46. The van der Waals surface area contributed by atoms with Crippen LogP contribution in [-0.2, 0) is 6.54 Å². The van der Waals surface area contributed by atoms with Crippen LogP contribution in [0, 0.1) is 5.82 Å². The Morgan fingerprint density at radius 3 is 2.72 bits per heavy atom. The minimum Gasteiger partial charge on any atom is -0.351 e. The molecule has 1 heterocycles. The van der Waals surface area contributed by atoms with Crippen molar-refractivity contribution < 1.29 is 9.18 Å². The highest BCUT2D eigenvalue weighted by molar-refractivity contribution is 5.98. The first-order valence-corrected chi connectivity index (χ1v) is 10.5. The molecule has 1 fully saturated rings. The van der Waals surface area contributed by atoms with Gasteiger partial charge in [-0.3, -0.25) is 4.79 Å². The zero-order chi connectivity index (χ0) is 20.2. The number of amides is 1. The summed E-state index contributed by atoms with van der Waals surface area (Å²) in [6, 6.07) is 17.2. The average molecular weight is 394 g/mol. The molecule has 1 saturated carbocycles. The van der Waals surface area contributed by atoms with Gasteiger partial charge in [0.05, 0.1) is 0 Å². The smallest absolute Gasteiger partial charge is 0.270 e. The number of carbonyl (C=O) groups excluding carboxylic acids is 1. The molecule has 1 aliphatic carbocycles. The van der Waals surface area contributed by atoms with Crippen LogP contribution in [0.15, 0.2) is 54.6 Å². The van der Waals surface area contributed by atoms with Crippen molar-refractivity contribution in [3.63, 3.8) is 0 Å². The Labute approximate surface area is 171 Å². The van der Waals surface area contributed by atoms with Gasteiger partial charge in [-0.05, 0) is 62.4 Å².